The molecule has 1 saturated carbocycles. The van der Waals surface area contributed by atoms with E-state index in [9.17, 15) is 31.1 Å². The molecule has 0 atom stereocenters. The number of alkyl halides is 6. The maximum atomic E-state index is 12.9. The van der Waals surface area contributed by atoms with Crippen LogP contribution >= 0.6 is 0 Å². The zero-order valence-corrected chi connectivity index (χ0v) is 16.0. The molecule has 1 heterocycles. The highest BCUT2D eigenvalue weighted by atomic mass is 19.4. The van der Waals surface area contributed by atoms with Crippen LogP contribution in [-0.2, 0) is 6.42 Å². The van der Waals surface area contributed by atoms with Crippen molar-refractivity contribution < 1.29 is 31.1 Å². The van der Waals surface area contributed by atoms with Crippen LogP contribution in [0.4, 0.5) is 31.1 Å². The van der Waals surface area contributed by atoms with Crippen LogP contribution in [-0.4, -0.2) is 53.2 Å². The first kappa shape index (κ1) is 22.1. The molecule has 0 aromatic heterocycles. The quantitative estimate of drug-likeness (QED) is 0.488. The van der Waals surface area contributed by atoms with Gasteiger partial charge in [-0.3, -0.25) is 9.80 Å². The first-order valence-corrected chi connectivity index (χ1v) is 9.39. The molecule has 0 bridgehead atoms. The third-order valence-electron chi connectivity index (χ3n) is 5.25. The second-order valence-corrected chi connectivity index (χ2v) is 7.38. The van der Waals surface area contributed by atoms with Gasteiger partial charge in [-0.25, -0.2) is 4.79 Å². The lowest BCUT2D eigenvalue weighted by Crippen LogP contribution is -2.43. The van der Waals surface area contributed by atoms with Crippen molar-refractivity contribution in [3.05, 3.63) is 35.9 Å². The number of likely N-dealkylation sites (N-methyl/N-ethyl adjacent to an activating group) is 1. The van der Waals surface area contributed by atoms with Crippen LogP contribution in [0.3, 0.4) is 0 Å². The van der Waals surface area contributed by atoms with Crippen LogP contribution in [0.5, 0.6) is 0 Å². The van der Waals surface area contributed by atoms with Crippen molar-refractivity contribution >= 4 is 17.7 Å². The number of halogens is 6. The lowest BCUT2D eigenvalue weighted by molar-refractivity contribution is -0.122. The zero-order chi connectivity index (χ0) is 22.1. The maximum Gasteiger partial charge on any atom is 0.505 e. The van der Waals surface area contributed by atoms with Gasteiger partial charge in [0.15, 0.2) is 11.7 Å². The van der Waals surface area contributed by atoms with Crippen molar-refractivity contribution in [2.45, 2.75) is 50.7 Å². The molecular weight excluding hydrogens is 414 g/mol. The number of aliphatic imine (C=N–C) groups is 2. The summed E-state index contributed by atoms with van der Waals surface area (Å²) >= 11 is 0. The summed E-state index contributed by atoms with van der Waals surface area (Å²) in [5.74, 6) is -1.96. The van der Waals surface area contributed by atoms with Gasteiger partial charge in [0.05, 0.1) is 0 Å². The van der Waals surface area contributed by atoms with Gasteiger partial charge < -0.3 is 0 Å². The summed E-state index contributed by atoms with van der Waals surface area (Å²) in [6.45, 7) is 0. The van der Waals surface area contributed by atoms with Crippen molar-refractivity contribution in [3.63, 3.8) is 0 Å². The second kappa shape index (κ2) is 8.27. The number of hydrogen-bond acceptors (Lipinski definition) is 3. The molecule has 2 amide bonds. The number of amidine groups is 2. The standard InChI is InChI=1S/C19H20F6N4O/c1-28-15(26-18(20,21)22)16(27-19(23,24)25)29(17(28)30)14-9-7-13(8-10-14)11-12-5-3-2-4-6-12/h2-6,13-14H,7-11H2,1H3. The van der Waals surface area contributed by atoms with Crippen LogP contribution in [0.15, 0.2) is 40.3 Å². The molecule has 11 heteroatoms. The number of carbonyl (C=O) groups excluding carboxylic acids is 1. The fourth-order valence-electron chi connectivity index (χ4n) is 3.95. The van der Waals surface area contributed by atoms with Gasteiger partial charge in [-0.2, -0.15) is 9.98 Å². The Balaban J connectivity index is 1.81. The van der Waals surface area contributed by atoms with E-state index in [-0.39, 0.29) is 5.92 Å². The molecule has 1 aliphatic carbocycles. The Kier molecular flexibility index (Phi) is 6.09. The van der Waals surface area contributed by atoms with Crippen molar-refractivity contribution in [3.8, 4) is 0 Å². The van der Waals surface area contributed by atoms with Crippen LogP contribution in [0.25, 0.3) is 0 Å². The second-order valence-electron chi connectivity index (χ2n) is 7.38. The van der Waals surface area contributed by atoms with Crippen molar-refractivity contribution in [2.75, 3.05) is 7.05 Å². The minimum atomic E-state index is -5.14. The molecule has 2 fully saturated rings. The Bertz CT molecular complexity index is 826. The van der Waals surface area contributed by atoms with Gasteiger partial charge in [0, 0.05) is 13.1 Å². The SMILES string of the molecule is CN1C(=O)N(C2CCC(Cc3ccccc3)CC2)C(=NC(F)(F)F)C1=NC(F)(F)F. The van der Waals surface area contributed by atoms with Gasteiger partial charge in [0.2, 0.25) is 0 Å². The van der Waals surface area contributed by atoms with Gasteiger partial charge in [-0.1, -0.05) is 30.3 Å². The minimum absolute atomic E-state index is 0.283. The van der Waals surface area contributed by atoms with E-state index in [1.54, 1.807) is 0 Å². The number of hydrogen-bond donors (Lipinski definition) is 0. The molecule has 5 nitrogen and oxygen atoms in total. The molecular formula is C19H20F6N4O. The Hall–Kier alpha value is -2.59. The summed E-state index contributed by atoms with van der Waals surface area (Å²) in [6.07, 6.45) is -7.47. The first-order chi connectivity index (χ1) is 13.9. The predicted octanol–water partition coefficient (Wildman–Crippen LogP) is 4.99. The average Bonchev–Trinajstić information content (AvgIpc) is 2.85. The number of benzene rings is 1. The fraction of sp³-hybridized carbons (Fsp3) is 0.526. The van der Waals surface area contributed by atoms with E-state index in [0.29, 0.717) is 30.6 Å². The van der Waals surface area contributed by atoms with Crippen molar-refractivity contribution in [2.24, 2.45) is 15.9 Å². The lowest BCUT2D eigenvalue weighted by atomic mass is 9.82. The van der Waals surface area contributed by atoms with Gasteiger partial charge in [-0.15, -0.1) is 26.3 Å². The van der Waals surface area contributed by atoms with Crippen molar-refractivity contribution in [1.82, 2.24) is 9.80 Å². The largest absolute Gasteiger partial charge is 0.505 e. The molecule has 2 aliphatic rings. The number of rotatable bonds is 3. The fourth-order valence-corrected chi connectivity index (χ4v) is 3.95. The van der Waals surface area contributed by atoms with Gasteiger partial charge in [-0.05, 0) is 43.6 Å². The van der Waals surface area contributed by atoms with Crippen LogP contribution < -0.4 is 0 Å². The summed E-state index contributed by atoms with van der Waals surface area (Å²) in [7, 11) is 0.958. The molecule has 1 aliphatic heterocycles. The van der Waals surface area contributed by atoms with Gasteiger partial charge in [0.25, 0.3) is 0 Å². The van der Waals surface area contributed by atoms with Crippen LogP contribution in [0.2, 0.25) is 0 Å². The highest BCUT2D eigenvalue weighted by Crippen LogP contribution is 2.34. The topological polar surface area (TPSA) is 48.3 Å². The molecule has 0 spiro atoms. The molecule has 1 saturated heterocycles. The Morgan fingerprint density at radius 1 is 0.900 bits per heavy atom. The normalized spacial score (nSPS) is 26.2. The van der Waals surface area contributed by atoms with E-state index in [2.05, 4.69) is 9.98 Å². The average molecular weight is 434 g/mol. The Labute approximate surface area is 169 Å². The predicted molar refractivity (Wildman–Crippen MR) is 97.9 cm³/mol. The van der Waals surface area contributed by atoms with E-state index >= 15 is 0 Å². The number of nitrogens with zero attached hydrogens (tertiary/aromatic N) is 4. The summed E-state index contributed by atoms with van der Waals surface area (Å²) in [5.41, 5.74) is 1.14. The van der Waals surface area contributed by atoms with Crippen molar-refractivity contribution in [1.29, 1.82) is 0 Å². The van der Waals surface area contributed by atoms with Crippen LogP contribution in [0, 0.1) is 5.92 Å². The molecule has 1 aromatic carbocycles. The molecule has 1 aromatic rings. The number of amides is 2. The highest BCUT2D eigenvalue weighted by molar-refractivity contribution is 6.49. The van der Waals surface area contributed by atoms with Gasteiger partial charge in [0.1, 0.15) is 0 Å². The van der Waals surface area contributed by atoms with E-state index < -0.39 is 36.3 Å². The number of urea groups is 1. The Morgan fingerprint density at radius 2 is 1.43 bits per heavy atom. The van der Waals surface area contributed by atoms with Crippen LogP contribution in [0.1, 0.15) is 31.2 Å². The minimum Gasteiger partial charge on any atom is -0.278 e. The number of carbonyl (C=O) groups is 1. The summed E-state index contributed by atoms with van der Waals surface area (Å²) < 4.78 is 77.1. The summed E-state index contributed by atoms with van der Waals surface area (Å²) in [4.78, 5) is 18.5. The van der Waals surface area contributed by atoms with E-state index in [1.807, 2.05) is 30.3 Å². The zero-order valence-electron chi connectivity index (χ0n) is 16.0. The third kappa shape index (κ3) is 5.31. The molecule has 0 radical (unpaired) electrons. The molecule has 0 N–H and O–H groups in total. The molecule has 0 unspecified atom stereocenters. The monoisotopic (exact) mass is 434 g/mol. The van der Waals surface area contributed by atoms with E-state index in [4.69, 9.17) is 0 Å². The summed E-state index contributed by atoms with van der Waals surface area (Å²) in [6, 6.07) is 8.04. The smallest absolute Gasteiger partial charge is 0.278 e. The lowest BCUT2D eigenvalue weighted by Gasteiger charge is -2.34. The first-order valence-electron chi connectivity index (χ1n) is 9.39. The van der Waals surface area contributed by atoms with E-state index in [1.165, 1.54) is 0 Å². The maximum absolute atomic E-state index is 12.9. The molecule has 164 valence electrons. The summed E-state index contributed by atoms with van der Waals surface area (Å²) in [5, 5.41) is 0. The highest BCUT2D eigenvalue weighted by Gasteiger charge is 2.47. The van der Waals surface area contributed by atoms with E-state index in [0.717, 1.165) is 23.9 Å². The molecule has 30 heavy (non-hydrogen) atoms. The van der Waals surface area contributed by atoms with Gasteiger partial charge >= 0.3 is 18.6 Å². The molecule has 3 rings (SSSR count). The Morgan fingerprint density at radius 3 is 1.97 bits per heavy atom. The third-order valence-corrected chi connectivity index (χ3v) is 5.25.